The van der Waals surface area contributed by atoms with Crippen LogP contribution in [0.1, 0.15) is 30.3 Å². The largest absolute Gasteiger partial charge is 0.418 e. The minimum atomic E-state index is -4.56. The first-order chi connectivity index (χ1) is 13.9. The normalized spacial score (nSPS) is 16.8. The van der Waals surface area contributed by atoms with Crippen LogP contribution in [0.25, 0.3) is 11.4 Å². The van der Waals surface area contributed by atoms with Gasteiger partial charge in [0.25, 0.3) is 0 Å². The Morgan fingerprint density at radius 3 is 2.59 bits per heavy atom. The summed E-state index contributed by atoms with van der Waals surface area (Å²) in [5.74, 6) is 0.663. The highest BCUT2D eigenvalue weighted by molar-refractivity contribution is 5.90. The van der Waals surface area contributed by atoms with Crippen LogP contribution in [-0.4, -0.2) is 27.6 Å². The summed E-state index contributed by atoms with van der Waals surface area (Å²) in [4.78, 5) is 18.5. The van der Waals surface area contributed by atoms with Gasteiger partial charge in [-0.3, -0.25) is 0 Å². The molecule has 1 saturated heterocycles. The van der Waals surface area contributed by atoms with Crippen LogP contribution < -0.4 is 5.32 Å². The maximum absolute atomic E-state index is 13.2. The Balaban J connectivity index is 1.54. The minimum Gasteiger partial charge on any atom is -0.337 e. The van der Waals surface area contributed by atoms with Crippen LogP contribution in [0, 0.1) is 0 Å². The van der Waals surface area contributed by atoms with Crippen molar-refractivity contribution in [3.63, 3.8) is 0 Å². The van der Waals surface area contributed by atoms with E-state index in [1.807, 2.05) is 30.3 Å². The van der Waals surface area contributed by atoms with E-state index >= 15 is 0 Å². The number of benzene rings is 2. The Bertz CT molecular complexity index is 1000. The third-order valence-corrected chi connectivity index (χ3v) is 4.75. The van der Waals surface area contributed by atoms with Crippen LogP contribution in [0.2, 0.25) is 0 Å². The molecule has 1 aromatic heterocycles. The Hall–Kier alpha value is -3.36. The Morgan fingerprint density at radius 1 is 1.10 bits per heavy atom. The van der Waals surface area contributed by atoms with Crippen molar-refractivity contribution in [1.29, 1.82) is 0 Å². The van der Waals surface area contributed by atoms with Crippen LogP contribution in [0.15, 0.2) is 59.1 Å². The molecule has 29 heavy (non-hydrogen) atoms. The highest BCUT2D eigenvalue weighted by Crippen LogP contribution is 2.36. The van der Waals surface area contributed by atoms with E-state index in [-0.39, 0.29) is 11.6 Å². The first kappa shape index (κ1) is 19.0. The fourth-order valence-electron chi connectivity index (χ4n) is 3.37. The zero-order valence-electron chi connectivity index (χ0n) is 15.2. The van der Waals surface area contributed by atoms with Crippen LogP contribution >= 0.6 is 0 Å². The summed E-state index contributed by atoms with van der Waals surface area (Å²) >= 11 is 0. The summed E-state index contributed by atoms with van der Waals surface area (Å²) in [6, 6.07) is 13.0. The van der Waals surface area contributed by atoms with Crippen molar-refractivity contribution in [2.24, 2.45) is 0 Å². The molecule has 1 N–H and O–H groups in total. The number of urea groups is 1. The van der Waals surface area contributed by atoms with E-state index in [0.29, 0.717) is 25.2 Å². The maximum Gasteiger partial charge on any atom is 0.418 e. The number of carbonyl (C=O) groups is 1. The van der Waals surface area contributed by atoms with E-state index < -0.39 is 23.8 Å². The SMILES string of the molecule is O=C(Nc1ccccc1C(F)(F)F)N1CCCC1c1nc(-c2ccccc2)no1. The molecule has 3 aromatic rings. The van der Waals surface area contributed by atoms with Crippen molar-refractivity contribution < 1.29 is 22.5 Å². The number of aromatic nitrogens is 2. The highest BCUT2D eigenvalue weighted by Gasteiger charge is 2.37. The van der Waals surface area contributed by atoms with Crippen LogP contribution in [0.5, 0.6) is 0 Å². The number of nitrogens with one attached hydrogen (secondary N) is 1. The lowest BCUT2D eigenvalue weighted by atomic mass is 10.1. The van der Waals surface area contributed by atoms with Crippen LogP contribution in [0.3, 0.4) is 0 Å². The molecular formula is C20H17F3N4O2. The molecule has 1 unspecified atom stereocenters. The molecule has 1 fully saturated rings. The Labute approximate surface area is 164 Å². The summed E-state index contributed by atoms with van der Waals surface area (Å²) in [6.07, 6.45) is -3.29. The summed E-state index contributed by atoms with van der Waals surface area (Å²) < 4.78 is 44.9. The third-order valence-electron chi connectivity index (χ3n) is 4.75. The molecule has 4 rings (SSSR count). The zero-order valence-corrected chi connectivity index (χ0v) is 15.2. The first-order valence-corrected chi connectivity index (χ1v) is 9.06. The maximum atomic E-state index is 13.2. The van der Waals surface area contributed by atoms with Gasteiger partial charge in [-0.15, -0.1) is 0 Å². The third kappa shape index (κ3) is 3.94. The number of amides is 2. The van der Waals surface area contributed by atoms with E-state index in [0.717, 1.165) is 11.6 Å². The molecule has 1 aliphatic rings. The molecule has 150 valence electrons. The summed E-state index contributed by atoms with van der Waals surface area (Å²) in [5.41, 5.74) is -0.407. The molecule has 2 aromatic carbocycles. The molecule has 0 spiro atoms. The standard InChI is InChI=1S/C20H17F3N4O2/c21-20(22,23)14-9-4-5-10-15(14)24-19(28)27-12-6-11-16(27)18-25-17(26-29-18)13-7-2-1-3-8-13/h1-5,7-10,16H,6,11-12H2,(H,24,28). The van der Waals surface area contributed by atoms with Gasteiger partial charge in [-0.1, -0.05) is 47.6 Å². The number of hydrogen-bond donors (Lipinski definition) is 1. The van der Waals surface area contributed by atoms with E-state index in [1.165, 1.54) is 23.1 Å². The highest BCUT2D eigenvalue weighted by atomic mass is 19.4. The van der Waals surface area contributed by atoms with Gasteiger partial charge in [0.05, 0.1) is 11.3 Å². The van der Waals surface area contributed by atoms with Gasteiger partial charge < -0.3 is 14.7 Å². The number of anilines is 1. The summed E-state index contributed by atoms with van der Waals surface area (Å²) in [5, 5.41) is 6.34. The lowest BCUT2D eigenvalue weighted by Crippen LogP contribution is -2.35. The predicted octanol–water partition coefficient (Wildman–Crippen LogP) is 5.12. The molecule has 2 heterocycles. The van der Waals surface area contributed by atoms with Crippen molar-refractivity contribution in [3.05, 3.63) is 66.1 Å². The van der Waals surface area contributed by atoms with Gasteiger partial charge >= 0.3 is 12.2 Å². The van der Waals surface area contributed by atoms with Gasteiger partial charge in [0.1, 0.15) is 6.04 Å². The van der Waals surface area contributed by atoms with Crippen LogP contribution in [0.4, 0.5) is 23.7 Å². The van der Waals surface area contributed by atoms with Gasteiger partial charge in [0.15, 0.2) is 0 Å². The molecule has 9 heteroatoms. The number of rotatable bonds is 3. The molecule has 2 amide bonds. The van der Waals surface area contributed by atoms with Crippen molar-refractivity contribution >= 4 is 11.7 Å². The van der Waals surface area contributed by atoms with Crippen LogP contribution in [-0.2, 0) is 6.18 Å². The topological polar surface area (TPSA) is 71.3 Å². The van der Waals surface area contributed by atoms with Gasteiger partial charge in [-0.25, -0.2) is 4.79 Å². The number of hydrogen-bond acceptors (Lipinski definition) is 4. The van der Waals surface area contributed by atoms with Crippen molar-refractivity contribution in [2.75, 3.05) is 11.9 Å². The number of carbonyl (C=O) groups excluding carboxylic acids is 1. The molecule has 0 saturated carbocycles. The molecule has 0 aliphatic carbocycles. The lowest BCUT2D eigenvalue weighted by molar-refractivity contribution is -0.136. The smallest absolute Gasteiger partial charge is 0.337 e. The molecule has 0 radical (unpaired) electrons. The number of likely N-dealkylation sites (tertiary alicyclic amines) is 1. The molecule has 1 aliphatic heterocycles. The molecule has 6 nitrogen and oxygen atoms in total. The number of halogens is 3. The van der Waals surface area contributed by atoms with E-state index in [9.17, 15) is 18.0 Å². The van der Waals surface area contributed by atoms with E-state index in [4.69, 9.17) is 4.52 Å². The van der Waals surface area contributed by atoms with Crippen molar-refractivity contribution in [2.45, 2.75) is 25.1 Å². The summed E-state index contributed by atoms with van der Waals surface area (Å²) in [6.45, 7) is 0.383. The lowest BCUT2D eigenvalue weighted by Gasteiger charge is -2.23. The van der Waals surface area contributed by atoms with E-state index in [1.54, 1.807) is 0 Å². The molecular weight excluding hydrogens is 385 g/mol. The summed E-state index contributed by atoms with van der Waals surface area (Å²) in [7, 11) is 0. The van der Waals surface area contributed by atoms with Gasteiger partial charge in [0, 0.05) is 12.1 Å². The average Bonchev–Trinajstić information content (AvgIpc) is 3.38. The predicted molar refractivity (Wildman–Crippen MR) is 98.9 cm³/mol. The Morgan fingerprint density at radius 2 is 1.83 bits per heavy atom. The number of alkyl halides is 3. The fraction of sp³-hybridized carbons (Fsp3) is 0.250. The molecule has 0 bridgehead atoms. The van der Waals surface area contributed by atoms with Gasteiger partial charge in [-0.05, 0) is 25.0 Å². The van der Waals surface area contributed by atoms with Gasteiger partial charge in [-0.2, -0.15) is 18.2 Å². The van der Waals surface area contributed by atoms with Gasteiger partial charge in [0.2, 0.25) is 11.7 Å². The minimum absolute atomic E-state index is 0.264. The number of para-hydroxylation sites is 1. The average molecular weight is 402 g/mol. The van der Waals surface area contributed by atoms with E-state index in [2.05, 4.69) is 15.5 Å². The Kier molecular flexibility index (Phi) is 4.96. The van der Waals surface area contributed by atoms with Crippen molar-refractivity contribution in [1.82, 2.24) is 15.0 Å². The first-order valence-electron chi connectivity index (χ1n) is 9.06. The second-order valence-corrected chi connectivity index (χ2v) is 6.65. The fourth-order valence-corrected chi connectivity index (χ4v) is 3.37. The second kappa shape index (κ2) is 7.57. The second-order valence-electron chi connectivity index (χ2n) is 6.65. The number of nitrogens with zero attached hydrogens (tertiary/aromatic N) is 3. The molecule has 1 atom stereocenters. The quantitative estimate of drug-likeness (QED) is 0.660. The zero-order chi connectivity index (χ0) is 20.4. The van der Waals surface area contributed by atoms with Crippen molar-refractivity contribution in [3.8, 4) is 11.4 Å². The monoisotopic (exact) mass is 402 g/mol.